The lowest BCUT2D eigenvalue weighted by Gasteiger charge is -2.31. The van der Waals surface area contributed by atoms with E-state index in [0.29, 0.717) is 10.7 Å². The molecule has 2 aromatic heterocycles. The van der Waals surface area contributed by atoms with Crippen LogP contribution in [0.4, 0.5) is 11.4 Å². The van der Waals surface area contributed by atoms with Crippen molar-refractivity contribution in [3.8, 4) is 5.69 Å². The number of thiocarbonyl (C=S) groups is 1. The van der Waals surface area contributed by atoms with Gasteiger partial charge in [0.15, 0.2) is 5.11 Å². The number of carbonyl (C=O) groups is 1. The Bertz CT molecular complexity index is 1450. The van der Waals surface area contributed by atoms with Gasteiger partial charge in [-0.3, -0.25) is 4.98 Å². The third-order valence-corrected chi connectivity index (χ3v) is 7.57. The molecule has 9 heteroatoms. The summed E-state index contributed by atoms with van der Waals surface area (Å²) in [5, 5.41) is 4.18. The van der Waals surface area contributed by atoms with Gasteiger partial charge in [-0.1, -0.05) is 6.07 Å². The number of esters is 1. The van der Waals surface area contributed by atoms with Gasteiger partial charge in [0.1, 0.15) is 6.04 Å². The molecule has 2 saturated heterocycles. The Hall–Kier alpha value is -4.21. The summed E-state index contributed by atoms with van der Waals surface area (Å²) in [4.78, 5) is 21.2. The molecule has 0 saturated carbocycles. The molecule has 2 aliphatic heterocycles. The number of methoxy groups -OCH3 is 1. The van der Waals surface area contributed by atoms with E-state index in [-0.39, 0.29) is 18.1 Å². The summed E-state index contributed by atoms with van der Waals surface area (Å²) in [6, 6.07) is 25.7. The van der Waals surface area contributed by atoms with Crippen LogP contribution in [0.1, 0.15) is 33.8 Å². The van der Waals surface area contributed by atoms with E-state index in [2.05, 4.69) is 55.0 Å². The van der Waals surface area contributed by atoms with Crippen molar-refractivity contribution < 1.29 is 14.3 Å². The Kier molecular flexibility index (Phi) is 7.00. The van der Waals surface area contributed by atoms with E-state index in [1.54, 1.807) is 12.1 Å². The van der Waals surface area contributed by atoms with Crippen LogP contribution in [0.5, 0.6) is 0 Å². The van der Waals surface area contributed by atoms with Crippen molar-refractivity contribution in [2.75, 3.05) is 43.2 Å². The highest BCUT2D eigenvalue weighted by Crippen LogP contribution is 2.42. The molecule has 0 amide bonds. The molecule has 0 spiro atoms. The summed E-state index contributed by atoms with van der Waals surface area (Å²) in [7, 11) is 1.39. The Morgan fingerprint density at radius 3 is 2.36 bits per heavy atom. The number of morpholine rings is 1. The highest BCUT2D eigenvalue weighted by molar-refractivity contribution is 7.80. The normalized spacial score (nSPS) is 19.2. The molecule has 2 fully saturated rings. The summed E-state index contributed by atoms with van der Waals surface area (Å²) in [6.45, 7) is 3.26. The van der Waals surface area contributed by atoms with Crippen LogP contribution in [0.2, 0.25) is 0 Å². The molecule has 0 radical (unpaired) electrons. The molecule has 198 valence electrons. The molecule has 4 heterocycles. The average Bonchev–Trinajstić information content (AvgIpc) is 3.62. The number of hydrogen-bond acceptors (Lipinski definition) is 6. The summed E-state index contributed by atoms with van der Waals surface area (Å²) < 4.78 is 12.5. The van der Waals surface area contributed by atoms with Gasteiger partial charge >= 0.3 is 5.97 Å². The molecule has 2 aliphatic rings. The second-order valence-electron chi connectivity index (χ2n) is 9.45. The van der Waals surface area contributed by atoms with Crippen molar-refractivity contribution in [3.05, 3.63) is 108 Å². The SMILES string of the molecule is COC(=O)c1ccc(-n2cccc2[C@@H]2[C@H](c3ccccn3)NC(=S)N2c2ccc(N3CCOCC3)cc2)cc1. The minimum Gasteiger partial charge on any atom is -0.465 e. The zero-order valence-electron chi connectivity index (χ0n) is 21.6. The van der Waals surface area contributed by atoms with Crippen molar-refractivity contribution in [1.82, 2.24) is 14.9 Å². The van der Waals surface area contributed by atoms with Crippen LogP contribution in [0.25, 0.3) is 5.69 Å². The number of nitrogens with one attached hydrogen (secondary N) is 1. The van der Waals surface area contributed by atoms with Gasteiger partial charge in [-0.15, -0.1) is 0 Å². The average molecular weight is 540 g/mol. The van der Waals surface area contributed by atoms with Gasteiger partial charge in [-0.25, -0.2) is 4.79 Å². The third-order valence-electron chi connectivity index (χ3n) is 7.25. The van der Waals surface area contributed by atoms with Gasteiger partial charge in [-0.05, 0) is 85.0 Å². The van der Waals surface area contributed by atoms with Crippen LogP contribution in [0.15, 0.2) is 91.3 Å². The Morgan fingerprint density at radius 1 is 0.949 bits per heavy atom. The summed E-state index contributed by atoms with van der Waals surface area (Å²) >= 11 is 5.93. The molecule has 1 N–H and O–H groups in total. The van der Waals surface area contributed by atoms with Gasteiger partial charge in [0.05, 0.1) is 37.6 Å². The molecule has 8 nitrogen and oxygen atoms in total. The molecular formula is C30H29N5O3S. The molecule has 2 aromatic carbocycles. The van der Waals surface area contributed by atoms with Crippen LogP contribution in [0, 0.1) is 0 Å². The number of hydrogen-bond donors (Lipinski definition) is 1. The minimum atomic E-state index is -0.360. The number of anilines is 2. The Balaban J connectivity index is 1.39. The van der Waals surface area contributed by atoms with Crippen LogP contribution in [-0.4, -0.2) is 54.0 Å². The summed E-state index contributed by atoms with van der Waals surface area (Å²) in [5.74, 6) is -0.360. The summed E-state index contributed by atoms with van der Waals surface area (Å²) in [6.07, 6.45) is 3.83. The fourth-order valence-electron chi connectivity index (χ4n) is 5.33. The van der Waals surface area contributed by atoms with Gasteiger partial charge in [0.25, 0.3) is 0 Å². The third kappa shape index (κ3) is 4.86. The number of ether oxygens (including phenoxy) is 2. The standard InChI is InChI=1S/C30H29N5O3S/c1-37-29(36)21-7-9-23(10-8-21)34-16-4-6-26(34)28-27(25-5-2-3-15-31-25)32-30(39)35(28)24-13-11-22(12-14-24)33-17-19-38-20-18-33/h2-16,27-28H,17-20H2,1H3,(H,32,39)/t27-,28+/m0/s1. The first-order valence-electron chi connectivity index (χ1n) is 12.9. The van der Waals surface area contributed by atoms with Crippen LogP contribution in [0.3, 0.4) is 0 Å². The van der Waals surface area contributed by atoms with Crippen molar-refractivity contribution in [1.29, 1.82) is 0 Å². The molecule has 0 bridgehead atoms. The van der Waals surface area contributed by atoms with Crippen molar-refractivity contribution >= 4 is 34.7 Å². The number of benzene rings is 2. The second kappa shape index (κ2) is 10.9. The maximum absolute atomic E-state index is 12.0. The molecule has 6 rings (SSSR count). The van der Waals surface area contributed by atoms with Crippen molar-refractivity contribution in [2.24, 2.45) is 0 Å². The monoisotopic (exact) mass is 539 g/mol. The zero-order valence-corrected chi connectivity index (χ0v) is 22.4. The molecule has 2 atom stereocenters. The number of rotatable bonds is 6. The first-order chi connectivity index (χ1) is 19.1. The molecular weight excluding hydrogens is 510 g/mol. The number of nitrogens with zero attached hydrogens (tertiary/aromatic N) is 4. The van der Waals surface area contributed by atoms with E-state index >= 15 is 0 Å². The van der Waals surface area contributed by atoms with Crippen molar-refractivity contribution in [2.45, 2.75) is 12.1 Å². The Labute approximate surface area is 232 Å². The highest BCUT2D eigenvalue weighted by atomic mass is 32.1. The van der Waals surface area contributed by atoms with E-state index < -0.39 is 0 Å². The van der Waals surface area contributed by atoms with Gasteiger partial charge in [0.2, 0.25) is 0 Å². The quantitative estimate of drug-likeness (QED) is 0.280. The van der Waals surface area contributed by atoms with E-state index in [1.807, 2.05) is 48.8 Å². The van der Waals surface area contributed by atoms with E-state index in [1.165, 1.54) is 12.8 Å². The smallest absolute Gasteiger partial charge is 0.337 e. The predicted octanol–water partition coefficient (Wildman–Crippen LogP) is 4.67. The number of aromatic nitrogens is 2. The highest BCUT2D eigenvalue weighted by Gasteiger charge is 2.42. The van der Waals surface area contributed by atoms with Gasteiger partial charge < -0.3 is 29.2 Å². The van der Waals surface area contributed by atoms with E-state index in [4.69, 9.17) is 21.7 Å². The maximum atomic E-state index is 12.0. The number of pyridine rings is 1. The van der Waals surface area contributed by atoms with E-state index in [9.17, 15) is 4.79 Å². The fraction of sp³-hybridized carbons (Fsp3) is 0.233. The maximum Gasteiger partial charge on any atom is 0.337 e. The lowest BCUT2D eigenvalue weighted by molar-refractivity contribution is 0.0600. The minimum absolute atomic E-state index is 0.166. The van der Waals surface area contributed by atoms with Crippen LogP contribution < -0.4 is 15.1 Å². The molecule has 4 aromatic rings. The number of carbonyl (C=O) groups excluding carboxylic acids is 1. The zero-order chi connectivity index (χ0) is 26.8. The Morgan fingerprint density at radius 2 is 1.67 bits per heavy atom. The van der Waals surface area contributed by atoms with Gasteiger partial charge in [0, 0.05) is 48.2 Å². The molecule has 39 heavy (non-hydrogen) atoms. The first-order valence-corrected chi connectivity index (χ1v) is 13.3. The largest absolute Gasteiger partial charge is 0.465 e. The fourth-order valence-corrected chi connectivity index (χ4v) is 5.67. The lowest BCUT2D eigenvalue weighted by atomic mass is 10.0. The van der Waals surface area contributed by atoms with Crippen LogP contribution in [-0.2, 0) is 9.47 Å². The topological polar surface area (TPSA) is 71.9 Å². The summed E-state index contributed by atoms with van der Waals surface area (Å²) in [5.41, 5.74) is 5.57. The lowest BCUT2D eigenvalue weighted by Crippen LogP contribution is -2.36. The molecule has 0 aliphatic carbocycles. The van der Waals surface area contributed by atoms with E-state index in [0.717, 1.165) is 49.1 Å². The first kappa shape index (κ1) is 25.1. The van der Waals surface area contributed by atoms with Crippen molar-refractivity contribution in [3.63, 3.8) is 0 Å². The predicted molar refractivity (Wildman–Crippen MR) is 155 cm³/mol. The second-order valence-corrected chi connectivity index (χ2v) is 9.84. The van der Waals surface area contributed by atoms with Gasteiger partial charge in [-0.2, -0.15) is 0 Å². The van der Waals surface area contributed by atoms with Crippen LogP contribution >= 0.6 is 12.2 Å². The molecule has 0 unspecified atom stereocenters.